The summed E-state index contributed by atoms with van der Waals surface area (Å²) in [6.07, 6.45) is 2.08. The second-order valence-electron chi connectivity index (χ2n) is 7.60. The van der Waals surface area contributed by atoms with Crippen LogP contribution in [-0.4, -0.2) is 19.6 Å². The summed E-state index contributed by atoms with van der Waals surface area (Å²) in [5, 5.41) is 5.40. The van der Waals surface area contributed by atoms with Crippen LogP contribution in [0, 0.1) is 32.4 Å². The van der Waals surface area contributed by atoms with Gasteiger partial charge in [-0.1, -0.05) is 13.8 Å². The average molecular weight is 427 g/mol. The summed E-state index contributed by atoms with van der Waals surface area (Å²) in [6.45, 7) is 10.3. The van der Waals surface area contributed by atoms with E-state index >= 15 is 0 Å². The molecule has 0 aliphatic carbocycles. The number of fused-ring (bicyclic) bond motifs is 1. The Morgan fingerprint density at radius 2 is 1.70 bits per heavy atom. The van der Waals surface area contributed by atoms with Crippen molar-refractivity contribution in [2.24, 2.45) is 0 Å². The van der Waals surface area contributed by atoms with Gasteiger partial charge in [0.2, 0.25) is 0 Å². The molecule has 4 aromatic rings. The van der Waals surface area contributed by atoms with Crippen LogP contribution in [0.4, 0.5) is 8.78 Å². The number of halogens is 2. The molecule has 0 bridgehead atoms. The average Bonchev–Trinajstić information content (AvgIpc) is 3.24. The van der Waals surface area contributed by atoms with Crippen molar-refractivity contribution in [2.45, 2.75) is 53.4 Å². The number of imidazole rings is 1. The molecule has 0 saturated carbocycles. The number of rotatable bonds is 5. The summed E-state index contributed by atoms with van der Waals surface area (Å²) >= 11 is 1.44. The van der Waals surface area contributed by atoms with Crippen LogP contribution in [0.1, 0.15) is 55.3 Å². The van der Waals surface area contributed by atoms with Crippen LogP contribution in [0.15, 0.2) is 24.3 Å². The van der Waals surface area contributed by atoms with Crippen molar-refractivity contribution in [1.29, 1.82) is 0 Å². The Balaban J connectivity index is 1.91. The van der Waals surface area contributed by atoms with Crippen LogP contribution in [0.25, 0.3) is 26.8 Å². The van der Waals surface area contributed by atoms with E-state index in [1.165, 1.54) is 23.0 Å². The van der Waals surface area contributed by atoms with Crippen molar-refractivity contribution >= 4 is 17.0 Å². The third kappa shape index (κ3) is 3.41. The number of thiazole rings is 1. The molecule has 4 nitrogen and oxygen atoms in total. The maximum Gasteiger partial charge on any atom is 0.159 e. The Hall–Kier alpha value is -2.67. The fourth-order valence-corrected chi connectivity index (χ4v) is 5.08. The lowest BCUT2D eigenvalue weighted by Gasteiger charge is -2.14. The van der Waals surface area contributed by atoms with Crippen LogP contribution in [-0.2, 0) is 0 Å². The lowest BCUT2D eigenvalue weighted by Crippen LogP contribution is -2.05. The van der Waals surface area contributed by atoms with Gasteiger partial charge in [-0.05, 0) is 63.8 Å². The first-order valence-electron chi connectivity index (χ1n) is 10.1. The molecule has 7 heteroatoms. The van der Waals surface area contributed by atoms with Gasteiger partial charge in [0.1, 0.15) is 10.7 Å². The first-order valence-corrected chi connectivity index (χ1v) is 11.0. The van der Waals surface area contributed by atoms with Gasteiger partial charge in [-0.25, -0.2) is 23.3 Å². The summed E-state index contributed by atoms with van der Waals surface area (Å²) in [4.78, 5) is 10.4. The molecule has 156 valence electrons. The maximum absolute atomic E-state index is 13.7. The number of aromatic nitrogens is 4. The Morgan fingerprint density at radius 1 is 0.967 bits per heavy atom. The van der Waals surface area contributed by atoms with E-state index in [0.717, 1.165) is 52.2 Å². The molecule has 3 heterocycles. The predicted molar refractivity (Wildman–Crippen MR) is 117 cm³/mol. The number of benzene rings is 1. The van der Waals surface area contributed by atoms with E-state index < -0.39 is 11.6 Å². The van der Waals surface area contributed by atoms with Gasteiger partial charge in [0, 0.05) is 11.1 Å². The molecule has 0 N–H and O–H groups in total. The highest BCUT2D eigenvalue weighted by atomic mass is 32.1. The summed E-state index contributed by atoms with van der Waals surface area (Å²) in [5.74, 6) is -1.32. The Kier molecular flexibility index (Phi) is 5.40. The highest BCUT2D eigenvalue weighted by molar-refractivity contribution is 7.18. The molecule has 0 atom stereocenters. The molecule has 0 aliphatic rings. The van der Waals surface area contributed by atoms with E-state index in [2.05, 4.69) is 24.9 Å². The van der Waals surface area contributed by atoms with E-state index in [9.17, 15) is 8.78 Å². The van der Waals surface area contributed by atoms with Gasteiger partial charge in [-0.3, -0.25) is 0 Å². The zero-order valence-corrected chi connectivity index (χ0v) is 18.6. The van der Waals surface area contributed by atoms with Gasteiger partial charge in [0.15, 0.2) is 17.3 Å². The molecule has 0 radical (unpaired) electrons. The highest BCUT2D eigenvalue weighted by Gasteiger charge is 2.23. The van der Waals surface area contributed by atoms with Crippen LogP contribution >= 0.6 is 11.3 Å². The Bertz CT molecular complexity index is 1240. The summed E-state index contributed by atoms with van der Waals surface area (Å²) in [7, 11) is 0. The fourth-order valence-electron chi connectivity index (χ4n) is 3.94. The van der Waals surface area contributed by atoms with E-state index in [0.29, 0.717) is 16.5 Å². The number of hydrogen-bond donors (Lipinski definition) is 0. The highest BCUT2D eigenvalue weighted by Crippen LogP contribution is 2.38. The molecular formula is C23H24F2N4S. The molecule has 0 saturated heterocycles. The standard InChI is InChI=1S/C23H24F2N4S/c1-6-15(7-2)17-10-12(3)28-29-20(13(4)26-22(17)29)21-14(5)27-23(30-21)16-8-9-18(24)19(25)11-16/h8-11,15H,6-7H2,1-5H3. The van der Waals surface area contributed by atoms with Crippen molar-refractivity contribution in [3.8, 4) is 21.1 Å². The van der Waals surface area contributed by atoms with Crippen molar-refractivity contribution in [3.63, 3.8) is 0 Å². The fraction of sp³-hybridized carbons (Fsp3) is 0.348. The topological polar surface area (TPSA) is 43.1 Å². The molecule has 0 amide bonds. The molecule has 4 rings (SSSR count). The first-order chi connectivity index (χ1) is 14.3. The molecule has 30 heavy (non-hydrogen) atoms. The third-order valence-corrected chi connectivity index (χ3v) is 6.73. The van der Waals surface area contributed by atoms with Gasteiger partial charge in [-0.15, -0.1) is 11.3 Å². The normalized spacial score (nSPS) is 11.7. The second-order valence-corrected chi connectivity index (χ2v) is 8.60. The molecular weight excluding hydrogens is 402 g/mol. The maximum atomic E-state index is 13.7. The summed E-state index contributed by atoms with van der Waals surface area (Å²) in [5.41, 5.74) is 6.19. The zero-order chi connectivity index (χ0) is 21.6. The monoisotopic (exact) mass is 426 g/mol. The predicted octanol–water partition coefficient (Wildman–Crippen LogP) is 6.63. The second kappa shape index (κ2) is 7.87. The molecule has 3 aromatic heterocycles. The van der Waals surface area contributed by atoms with E-state index in [4.69, 9.17) is 10.1 Å². The Labute approximate surface area is 178 Å². The minimum atomic E-state index is -0.875. The van der Waals surface area contributed by atoms with E-state index in [-0.39, 0.29) is 0 Å². The van der Waals surface area contributed by atoms with Crippen molar-refractivity contribution in [2.75, 3.05) is 0 Å². The van der Waals surface area contributed by atoms with Gasteiger partial charge >= 0.3 is 0 Å². The molecule has 0 unspecified atom stereocenters. The smallest absolute Gasteiger partial charge is 0.159 e. The van der Waals surface area contributed by atoms with Crippen molar-refractivity contribution in [3.05, 3.63) is 58.5 Å². The van der Waals surface area contributed by atoms with Crippen molar-refractivity contribution < 1.29 is 8.78 Å². The zero-order valence-electron chi connectivity index (χ0n) is 17.8. The number of hydrogen-bond acceptors (Lipinski definition) is 4. The molecule has 0 spiro atoms. The minimum absolute atomic E-state index is 0.421. The molecule has 0 fully saturated rings. The van der Waals surface area contributed by atoms with Gasteiger partial charge in [0.25, 0.3) is 0 Å². The summed E-state index contributed by atoms with van der Waals surface area (Å²) < 4.78 is 29.0. The number of aryl methyl sites for hydroxylation is 3. The quantitative estimate of drug-likeness (QED) is 0.360. The van der Waals surface area contributed by atoms with Gasteiger partial charge < -0.3 is 0 Å². The van der Waals surface area contributed by atoms with Gasteiger partial charge in [0.05, 0.1) is 22.0 Å². The van der Waals surface area contributed by atoms with Crippen LogP contribution in [0.2, 0.25) is 0 Å². The van der Waals surface area contributed by atoms with Crippen LogP contribution in [0.3, 0.4) is 0 Å². The van der Waals surface area contributed by atoms with Crippen molar-refractivity contribution in [1.82, 2.24) is 19.6 Å². The molecule has 1 aromatic carbocycles. The molecule has 0 aliphatic heterocycles. The minimum Gasteiger partial charge on any atom is -0.241 e. The van der Waals surface area contributed by atoms with E-state index in [1.807, 2.05) is 25.3 Å². The van der Waals surface area contributed by atoms with E-state index in [1.54, 1.807) is 6.07 Å². The van der Waals surface area contributed by atoms with Crippen LogP contribution in [0.5, 0.6) is 0 Å². The van der Waals surface area contributed by atoms with Crippen LogP contribution < -0.4 is 0 Å². The Morgan fingerprint density at radius 3 is 2.37 bits per heavy atom. The summed E-state index contributed by atoms with van der Waals surface area (Å²) in [6, 6.07) is 6.00. The SMILES string of the molecule is CCC(CC)c1cc(C)nn2c(-c3sc(-c4ccc(F)c(F)c4)nc3C)c(C)nc12. The lowest BCUT2D eigenvalue weighted by atomic mass is 9.95. The third-order valence-electron chi connectivity index (χ3n) is 5.51. The number of nitrogens with zero attached hydrogens (tertiary/aromatic N) is 4. The van der Waals surface area contributed by atoms with Gasteiger partial charge in [-0.2, -0.15) is 5.10 Å². The lowest BCUT2D eigenvalue weighted by molar-refractivity contribution is 0.509. The first kappa shape index (κ1) is 20.6. The largest absolute Gasteiger partial charge is 0.241 e.